The normalized spacial score (nSPS) is 29.5. The predicted octanol–water partition coefficient (Wildman–Crippen LogP) is 4.08. The zero-order valence-corrected chi connectivity index (χ0v) is 10.2. The minimum atomic E-state index is 0.278. The van der Waals surface area contributed by atoms with Crippen molar-refractivity contribution in [3.05, 3.63) is 29.3 Å². The number of nitrogens with one attached hydrogen (secondary N) is 1. The highest BCUT2D eigenvalue weighted by atomic mass is 15.0. The van der Waals surface area contributed by atoms with Gasteiger partial charge in [0, 0.05) is 11.2 Å². The van der Waals surface area contributed by atoms with Gasteiger partial charge in [-0.1, -0.05) is 26.0 Å². The molecule has 0 aliphatic carbocycles. The summed E-state index contributed by atoms with van der Waals surface area (Å²) in [7, 11) is 0. The number of benzene rings is 1. The van der Waals surface area contributed by atoms with E-state index in [-0.39, 0.29) is 5.54 Å². The van der Waals surface area contributed by atoms with Crippen molar-refractivity contribution in [2.24, 2.45) is 0 Å². The third-order valence-corrected chi connectivity index (χ3v) is 3.71. The van der Waals surface area contributed by atoms with Crippen molar-refractivity contribution in [3.8, 4) is 0 Å². The van der Waals surface area contributed by atoms with Gasteiger partial charge in [-0.05, 0) is 49.8 Å². The van der Waals surface area contributed by atoms with Crippen molar-refractivity contribution >= 4 is 5.69 Å². The van der Waals surface area contributed by atoms with Gasteiger partial charge in [0.25, 0.3) is 0 Å². The fourth-order valence-electron chi connectivity index (χ4n) is 2.60. The zero-order valence-electron chi connectivity index (χ0n) is 10.2. The van der Waals surface area contributed by atoms with E-state index < -0.39 is 0 Å². The van der Waals surface area contributed by atoms with E-state index in [1.165, 1.54) is 29.7 Å². The first-order chi connectivity index (χ1) is 7.04. The first kappa shape index (κ1) is 10.5. The molecule has 1 heterocycles. The Hall–Kier alpha value is -0.980. The van der Waals surface area contributed by atoms with Crippen molar-refractivity contribution in [2.45, 2.75) is 52.0 Å². The van der Waals surface area contributed by atoms with Gasteiger partial charge in [-0.15, -0.1) is 0 Å². The van der Waals surface area contributed by atoms with Crippen LogP contribution in [0, 0.1) is 6.92 Å². The molecule has 2 rings (SSSR count). The zero-order chi connectivity index (χ0) is 11.1. The van der Waals surface area contributed by atoms with Crippen LogP contribution in [-0.2, 0) is 0 Å². The Labute approximate surface area is 92.9 Å². The topological polar surface area (TPSA) is 12.0 Å². The minimum Gasteiger partial charge on any atom is -0.380 e. The van der Waals surface area contributed by atoms with Gasteiger partial charge in [0.15, 0.2) is 0 Å². The molecule has 2 unspecified atom stereocenters. The van der Waals surface area contributed by atoms with Crippen molar-refractivity contribution in [3.63, 3.8) is 0 Å². The van der Waals surface area contributed by atoms with Crippen LogP contribution in [0.2, 0.25) is 0 Å². The summed E-state index contributed by atoms with van der Waals surface area (Å²) in [4.78, 5) is 0. The van der Waals surface area contributed by atoms with E-state index >= 15 is 0 Å². The molecule has 2 atom stereocenters. The third kappa shape index (κ3) is 1.88. The quantitative estimate of drug-likeness (QED) is 0.725. The molecule has 1 aliphatic heterocycles. The number of hydrogen-bond acceptors (Lipinski definition) is 1. The molecule has 0 amide bonds. The molecular formula is C14H21N. The lowest BCUT2D eigenvalue weighted by Gasteiger charge is -2.40. The van der Waals surface area contributed by atoms with Gasteiger partial charge >= 0.3 is 0 Å². The summed E-state index contributed by atoms with van der Waals surface area (Å²) < 4.78 is 0. The molecule has 82 valence electrons. The van der Waals surface area contributed by atoms with Crippen molar-refractivity contribution < 1.29 is 0 Å². The van der Waals surface area contributed by atoms with Gasteiger partial charge in [0.05, 0.1) is 0 Å². The van der Waals surface area contributed by atoms with Crippen molar-refractivity contribution in [2.75, 3.05) is 5.32 Å². The Morgan fingerprint density at radius 2 is 2.20 bits per heavy atom. The molecule has 1 N–H and O–H groups in total. The van der Waals surface area contributed by atoms with E-state index in [2.05, 4.69) is 51.2 Å². The minimum absolute atomic E-state index is 0.278. The van der Waals surface area contributed by atoms with Gasteiger partial charge in [-0.3, -0.25) is 0 Å². The molecule has 1 aliphatic rings. The summed E-state index contributed by atoms with van der Waals surface area (Å²) in [6.07, 6.45) is 2.42. The van der Waals surface area contributed by atoms with Crippen LogP contribution in [0.15, 0.2) is 18.2 Å². The van der Waals surface area contributed by atoms with E-state index in [1.54, 1.807) is 0 Å². The number of fused-ring (bicyclic) bond motifs is 1. The summed E-state index contributed by atoms with van der Waals surface area (Å²) in [5.41, 5.74) is 4.44. The Morgan fingerprint density at radius 1 is 1.47 bits per heavy atom. The highest BCUT2D eigenvalue weighted by Crippen LogP contribution is 2.40. The maximum absolute atomic E-state index is 3.69. The Balaban J connectivity index is 2.41. The molecule has 0 aromatic heterocycles. The second-order valence-corrected chi connectivity index (χ2v) is 5.24. The Morgan fingerprint density at radius 3 is 2.87 bits per heavy atom. The SMILES string of the molecule is CCC1(C)CC(C)c2ccc(C)cc2N1. The first-order valence-corrected chi connectivity index (χ1v) is 5.93. The summed E-state index contributed by atoms with van der Waals surface area (Å²) in [5.74, 6) is 0.673. The molecular weight excluding hydrogens is 182 g/mol. The van der Waals surface area contributed by atoms with Crippen molar-refractivity contribution in [1.29, 1.82) is 0 Å². The molecule has 0 fully saturated rings. The van der Waals surface area contributed by atoms with Gasteiger partial charge in [-0.25, -0.2) is 0 Å². The van der Waals surface area contributed by atoms with E-state index in [0.29, 0.717) is 5.92 Å². The highest BCUT2D eigenvalue weighted by molar-refractivity contribution is 5.58. The Bertz CT molecular complexity index is 370. The monoisotopic (exact) mass is 203 g/mol. The average molecular weight is 203 g/mol. The van der Waals surface area contributed by atoms with Crippen LogP contribution in [0.1, 0.15) is 50.7 Å². The summed E-state index contributed by atoms with van der Waals surface area (Å²) in [5, 5.41) is 3.69. The summed E-state index contributed by atoms with van der Waals surface area (Å²) in [6, 6.07) is 6.77. The van der Waals surface area contributed by atoms with E-state index in [1.807, 2.05) is 0 Å². The molecule has 0 radical (unpaired) electrons. The summed E-state index contributed by atoms with van der Waals surface area (Å²) in [6.45, 7) is 9.09. The van der Waals surface area contributed by atoms with E-state index in [4.69, 9.17) is 0 Å². The average Bonchev–Trinajstić information content (AvgIpc) is 2.16. The second-order valence-electron chi connectivity index (χ2n) is 5.24. The molecule has 0 saturated carbocycles. The fraction of sp³-hybridized carbons (Fsp3) is 0.571. The third-order valence-electron chi connectivity index (χ3n) is 3.71. The van der Waals surface area contributed by atoms with Crippen LogP contribution in [0.3, 0.4) is 0 Å². The van der Waals surface area contributed by atoms with Gasteiger partial charge in [0.1, 0.15) is 0 Å². The molecule has 1 heteroatoms. The van der Waals surface area contributed by atoms with E-state index in [9.17, 15) is 0 Å². The number of aryl methyl sites for hydroxylation is 1. The number of anilines is 1. The van der Waals surface area contributed by atoms with Crippen LogP contribution in [0.5, 0.6) is 0 Å². The van der Waals surface area contributed by atoms with Crippen molar-refractivity contribution in [1.82, 2.24) is 0 Å². The second kappa shape index (κ2) is 3.55. The summed E-state index contributed by atoms with van der Waals surface area (Å²) >= 11 is 0. The largest absolute Gasteiger partial charge is 0.380 e. The number of hydrogen-bond donors (Lipinski definition) is 1. The maximum atomic E-state index is 3.69. The van der Waals surface area contributed by atoms with Crippen LogP contribution >= 0.6 is 0 Å². The lowest BCUT2D eigenvalue weighted by Crippen LogP contribution is -2.39. The van der Waals surface area contributed by atoms with Crippen LogP contribution in [0.25, 0.3) is 0 Å². The lowest BCUT2D eigenvalue weighted by atomic mass is 9.79. The molecule has 1 nitrogen and oxygen atoms in total. The number of rotatable bonds is 1. The van der Waals surface area contributed by atoms with Gasteiger partial charge < -0.3 is 5.32 Å². The molecule has 0 saturated heterocycles. The van der Waals surface area contributed by atoms with Crippen LogP contribution in [0.4, 0.5) is 5.69 Å². The highest BCUT2D eigenvalue weighted by Gasteiger charge is 2.31. The fourth-order valence-corrected chi connectivity index (χ4v) is 2.60. The van der Waals surface area contributed by atoms with Crippen LogP contribution in [-0.4, -0.2) is 5.54 Å². The maximum Gasteiger partial charge on any atom is 0.0382 e. The standard InChI is InChI=1S/C14H21N/c1-5-14(4)9-11(3)12-7-6-10(2)8-13(12)15-14/h6-8,11,15H,5,9H2,1-4H3. The molecule has 1 aromatic rings. The molecule has 1 aromatic carbocycles. The first-order valence-electron chi connectivity index (χ1n) is 5.93. The smallest absolute Gasteiger partial charge is 0.0382 e. The van der Waals surface area contributed by atoms with Gasteiger partial charge in [0.2, 0.25) is 0 Å². The molecule has 15 heavy (non-hydrogen) atoms. The Kier molecular flexibility index (Phi) is 2.49. The van der Waals surface area contributed by atoms with Gasteiger partial charge in [-0.2, -0.15) is 0 Å². The molecule has 0 bridgehead atoms. The lowest BCUT2D eigenvalue weighted by molar-refractivity contribution is 0.407. The predicted molar refractivity (Wildman–Crippen MR) is 66.5 cm³/mol. The van der Waals surface area contributed by atoms with E-state index in [0.717, 1.165) is 0 Å². The van der Waals surface area contributed by atoms with Crippen LogP contribution < -0.4 is 5.32 Å². The molecule has 0 spiro atoms.